The first-order chi connectivity index (χ1) is 8.71. The second kappa shape index (κ2) is 5.01. The third kappa shape index (κ3) is 2.00. The summed E-state index contributed by atoms with van der Waals surface area (Å²) in [6.45, 7) is 0. The maximum Gasteiger partial charge on any atom is 0.132 e. The lowest BCUT2D eigenvalue weighted by atomic mass is 10.1. The highest BCUT2D eigenvalue weighted by atomic mass is 16.5. The summed E-state index contributed by atoms with van der Waals surface area (Å²) in [6.07, 6.45) is 3.29. The predicted molar refractivity (Wildman–Crippen MR) is 70.0 cm³/mol. The molecule has 4 nitrogen and oxygen atoms in total. The Morgan fingerprint density at radius 1 is 1.28 bits per heavy atom. The molecule has 0 fully saturated rings. The van der Waals surface area contributed by atoms with E-state index in [-0.39, 0.29) is 0 Å². The zero-order valence-corrected chi connectivity index (χ0v) is 10.9. The molecule has 1 heterocycles. The minimum absolute atomic E-state index is 0.508. The molecular weight excluding hydrogens is 228 g/mol. The van der Waals surface area contributed by atoms with Gasteiger partial charge in [-0.3, -0.25) is 0 Å². The molecule has 0 bridgehead atoms. The molecule has 4 heteroatoms. The topological polar surface area (TPSA) is 47.2 Å². The number of fused-ring (bicyclic) bond motifs is 1. The van der Waals surface area contributed by atoms with Crippen molar-refractivity contribution in [3.63, 3.8) is 0 Å². The molecule has 0 N–H and O–H groups in total. The van der Waals surface area contributed by atoms with Gasteiger partial charge in [0, 0.05) is 37.2 Å². The quantitative estimate of drug-likeness (QED) is 0.830. The van der Waals surface area contributed by atoms with Crippen LogP contribution in [0.2, 0.25) is 0 Å². The van der Waals surface area contributed by atoms with Crippen LogP contribution >= 0.6 is 0 Å². The predicted octanol–water partition coefficient (Wildman–Crippen LogP) is 2.65. The summed E-state index contributed by atoms with van der Waals surface area (Å²) in [6, 6.07) is 6.03. The van der Waals surface area contributed by atoms with Gasteiger partial charge in [0.1, 0.15) is 11.5 Å². The Bertz CT molecular complexity index is 608. The van der Waals surface area contributed by atoms with Gasteiger partial charge in [0.15, 0.2) is 0 Å². The Morgan fingerprint density at radius 2 is 2.06 bits per heavy atom. The van der Waals surface area contributed by atoms with E-state index in [9.17, 15) is 0 Å². The normalized spacial score (nSPS) is 10.3. The molecular formula is C14H16N2O2. The lowest BCUT2D eigenvalue weighted by Gasteiger charge is -2.08. The molecule has 0 spiro atoms. The van der Waals surface area contributed by atoms with Crippen molar-refractivity contribution in [3.8, 4) is 17.6 Å². The van der Waals surface area contributed by atoms with Crippen molar-refractivity contribution in [2.75, 3.05) is 14.2 Å². The summed E-state index contributed by atoms with van der Waals surface area (Å²) in [5.41, 5.74) is 2.19. The molecule has 0 saturated heterocycles. The van der Waals surface area contributed by atoms with E-state index < -0.39 is 0 Å². The van der Waals surface area contributed by atoms with Gasteiger partial charge < -0.3 is 14.0 Å². The molecule has 0 saturated carbocycles. The smallest absolute Gasteiger partial charge is 0.132 e. The first-order valence-corrected chi connectivity index (χ1v) is 5.78. The van der Waals surface area contributed by atoms with E-state index >= 15 is 0 Å². The van der Waals surface area contributed by atoms with Crippen LogP contribution in [0.25, 0.3) is 10.9 Å². The fourth-order valence-corrected chi connectivity index (χ4v) is 2.20. The van der Waals surface area contributed by atoms with Crippen molar-refractivity contribution in [1.29, 1.82) is 5.26 Å². The summed E-state index contributed by atoms with van der Waals surface area (Å²) < 4.78 is 12.7. The van der Waals surface area contributed by atoms with E-state index in [0.717, 1.165) is 34.4 Å². The van der Waals surface area contributed by atoms with E-state index in [1.807, 2.05) is 29.9 Å². The van der Waals surface area contributed by atoms with Crippen LogP contribution in [-0.4, -0.2) is 18.8 Å². The van der Waals surface area contributed by atoms with Crippen LogP contribution in [0.3, 0.4) is 0 Å². The van der Waals surface area contributed by atoms with Crippen LogP contribution in [0.5, 0.6) is 11.5 Å². The van der Waals surface area contributed by atoms with Gasteiger partial charge >= 0.3 is 0 Å². The fraction of sp³-hybridized carbons (Fsp3) is 0.357. The first kappa shape index (κ1) is 12.3. The molecule has 94 valence electrons. The largest absolute Gasteiger partial charge is 0.497 e. The second-order valence-corrected chi connectivity index (χ2v) is 4.15. The Hall–Kier alpha value is -2.15. The van der Waals surface area contributed by atoms with Gasteiger partial charge in [0.2, 0.25) is 0 Å². The summed E-state index contributed by atoms with van der Waals surface area (Å²) >= 11 is 0. The molecule has 0 unspecified atom stereocenters. The van der Waals surface area contributed by atoms with Crippen LogP contribution in [0.15, 0.2) is 18.3 Å². The van der Waals surface area contributed by atoms with E-state index in [1.54, 1.807) is 14.2 Å². The van der Waals surface area contributed by atoms with Crippen LogP contribution in [0, 0.1) is 11.3 Å². The molecule has 1 aromatic heterocycles. The maximum atomic E-state index is 8.71. The number of aromatic nitrogens is 1. The summed E-state index contributed by atoms with van der Waals surface area (Å²) in [7, 11) is 5.27. The minimum atomic E-state index is 0.508. The van der Waals surface area contributed by atoms with Crippen molar-refractivity contribution in [1.82, 2.24) is 4.57 Å². The van der Waals surface area contributed by atoms with Crippen molar-refractivity contribution in [2.24, 2.45) is 7.05 Å². The van der Waals surface area contributed by atoms with Gasteiger partial charge in [-0.25, -0.2) is 0 Å². The Morgan fingerprint density at radius 3 is 2.67 bits per heavy atom. The second-order valence-electron chi connectivity index (χ2n) is 4.15. The average molecular weight is 244 g/mol. The number of aryl methyl sites for hydroxylation is 2. The molecule has 0 atom stereocenters. The SMILES string of the molecule is COc1cc(OC)c2c(CCC#N)cn(C)c2c1. The van der Waals surface area contributed by atoms with E-state index in [2.05, 4.69) is 6.07 Å². The lowest BCUT2D eigenvalue weighted by molar-refractivity contribution is 0.397. The summed E-state index contributed by atoms with van der Waals surface area (Å²) in [4.78, 5) is 0. The van der Waals surface area contributed by atoms with Gasteiger partial charge in [-0.15, -0.1) is 0 Å². The highest BCUT2D eigenvalue weighted by molar-refractivity contribution is 5.91. The summed E-state index contributed by atoms with van der Waals surface area (Å²) in [5, 5.41) is 9.77. The fourth-order valence-electron chi connectivity index (χ4n) is 2.20. The van der Waals surface area contributed by atoms with Crippen LogP contribution in [0.1, 0.15) is 12.0 Å². The Balaban J connectivity index is 2.65. The van der Waals surface area contributed by atoms with Crippen molar-refractivity contribution >= 4 is 10.9 Å². The minimum Gasteiger partial charge on any atom is -0.497 e. The highest BCUT2D eigenvalue weighted by Gasteiger charge is 2.13. The number of rotatable bonds is 4. The molecule has 1 aromatic carbocycles. The molecule has 0 aliphatic carbocycles. The number of nitrogens with zero attached hydrogens (tertiary/aromatic N) is 2. The van der Waals surface area contributed by atoms with Crippen LogP contribution in [-0.2, 0) is 13.5 Å². The van der Waals surface area contributed by atoms with Crippen molar-refractivity contribution < 1.29 is 9.47 Å². The third-order valence-corrected chi connectivity index (χ3v) is 3.07. The zero-order chi connectivity index (χ0) is 13.1. The first-order valence-electron chi connectivity index (χ1n) is 5.78. The van der Waals surface area contributed by atoms with E-state index in [4.69, 9.17) is 14.7 Å². The molecule has 0 radical (unpaired) electrons. The monoisotopic (exact) mass is 244 g/mol. The van der Waals surface area contributed by atoms with Gasteiger partial charge in [-0.1, -0.05) is 0 Å². The number of hydrogen-bond donors (Lipinski definition) is 0. The van der Waals surface area contributed by atoms with E-state index in [0.29, 0.717) is 6.42 Å². The number of benzene rings is 1. The van der Waals surface area contributed by atoms with Gasteiger partial charge in [-0.05, 0) is 12.0 Å². The Labute approximate surface area is 106 Å². The lowest BCUT2D eigenvalue weighted by Crippen LogP contribution is -1.91. The van der Waals surface area contributed by atoms with Crippen molar-refractivity contribution in [3.05, 3.63) is 23.9 Å². The standard InChI is InChI=1S/C14H16N2O2/c1-16-9-10(5-4-6-15)14-12(16)7-11(17-2)8-13(14)18-3/h7-9H,4-5H2,1-3H3. The third-order valence-electron chi connectivity index (χ3n) is 3.07. The summed E-state index contributed by atoms with van der Waals surface area (Å²) in [5.74, 6) is 1.56. The van der Waals surface area contributed by atoms with Gasteiger partial charge in [-0.2, -0.15) is 5.26 Å². The molecule has 0 amide bonds. The zero-order valence-electron chi connectivity index (χ0n) is 10.9. The number of hydrogen-bond acceptors (Lipinski definition) is 3. The Kier molecular flexibility index (Phi) is 3.42. The van der Waals surface area contributed by atoms with Gasteiger partial charge in [0.05, 0.1) is 25.8 Å². The molecule has 2 rings (SSSR count). The maximum absolute atomic E-state index is 8.71. The molecule has 18 heavy (non-hydrogen) atoms. The molecule has 0 aliphatic heterocycles. The molecule has 2 aromatic rings. The number of ether oxygens (including phenoxy) is 2. The van der Waals surface area contributed by atoms with Crippen LogP contribution in [0.4, 0.5) is 0 Å². The van der Waals surface area contributed by atoms with Gasteiger partial charge in [0.25, 0.3) is 0 Å². The van der Waals surface area contributed by atoms with Crippen LogP contribution < -0.4 is 9.47 Å². The van der Waals surface area contributed by atoms with E-state index in [1.165, 1.54) is 0 Å². The number of methoxy groups -OCH3 is 2. The number of nitriles is 1. The average Bonchev–Trinajstić information content (AvgIpc) is 2.72. The highest BCUT2D eigenvalue weighted by Crippen LogP contribution is 2.35. The van der Waals surface area contributed by atoms with Crippen molar-refractivity contribution in [2.45, 2.75) is 12.8 Å². The molecule has 0 aliphatic rings.